The van der Waals surface area contributed by atoms with Crippen LogP contribution in [0.5, 0.6) is 0 Å². The van der Waals surface area contributed by atoms with Gasteiger partial charge in [0.2, 0.25) is 0 Å². The van der Waals surface area contributed by atoms with E-state index in [1.165, 1.54) is 39.3 Å². The molecule has 5 heteroatoms. The molecule has 0 atom stereocenters. The molecular formula is C42H53IrN2O2-. The van der Waals surface area contributed by atoms with Crippen molar-refractivity contribution in [2.75, 3.05) is 0 Å². The van der Waals surface area contributed by atoms with Crippen LogP contribution in [-0.2, 0) is 43.2 Å². The third kappa shape index (κ3) is 8.30. The summed E-state index contributed by atoms with van der Waals surface area (Å²) in [5, 5.41) is 12.5. The molecule has 2 aromatic heterocycles. The van der Waals surface area contributed by atoms with Crippen molar-refractivity contribution < 1.29 is 30.0 Å². The Labute approximate surface area is 296 Å². The first-order chi connectivity index (χ1) is 21.7. The van der Waals surface area contributed by atoms with Crippen molar-refractivity contribution in [1.29, 1.82) is 0 Å². The molecule has 0 unspecified atom stereocenters. The maximum Gasteiger partial charge on any atom is 0.164 e. The smallest absolute Gasteiger partial charge is 0.164 e. The standard InChI is InChI=1S/C27H25N2.C15H28O2.Ir/c1-17-11-19-9-10-20-16-28-25(14-23(20)26(19)29-15-17)21-12-18-7-5-6-8-22(18)24(13-21)27(2,3)4;1-7-14(5,8-2)12(16)11-13(17)15(6,9-3)10-4;/h5-8,11,13-16H,9-10H2,1-4H3;11,16H,7-10H2,1-6H3;/q-1;;/b;12-11-;. The zero-order chi connectivity index (χ0) is 33.9. The van der Waals surface area contributed by atoms with E-state index in [1.807, 2.05) is 53.9 Å². The topological polar surface area (TPSA) is 63.1 Å². The van der Waals surface area contributed by atoms with E-state index in [0.29, 0.717) is 0 Å². The van der Waals surface area contributed by atoms with Gasteiger partial charge in [-0.25, -0.2) is 0 Å². The van der Waals surface area contributed by atoms with Crippen LogP contribution >= 0.6 is 0 Å². The minimum atomic E-state index is -0.337. The number of hydrogen-bond acceptors (Lipinski definition) is 4. The fourth-order valence-electron chi connectivity index (χ4n) is 6.05. The number of aliphatic hydroxyl groups is 1. The maximum atomic E-state index is 12.2. The predicted molar refractivity (Wildman–Crippen MR) is 193 cm³/mol. The number of pyridine rings is 2. The van der Waals surface area contributed by atoms with Gasteiger partial charge >= 0.3 is 0 Å². The molecule has 2 aromatic carbocycles. The SMILES string of the molecule is CCC(C)(CC)C(=O)/C=C(\O)C(C)(CC)CC.Cc1cnc2c(c1)CCc1cnc(-c3[c-]c4ccccc4c(C(C)(C)C)c3)cc1-2.[Ir]. The van der Waals surface area contributed by atoms with E-state index >= 15 is 0 Å². The number of nitrogens with zero attached hydrogens (tertiary/aromatic N) is 2. The van der Waals surface area contributed by atoms with Crippen molar-refractivity contribution in [2.45, 2.75) is 113 Å². The molecule has 0 amide bonds. The van der Waals surface area contributed by atoms with E-state index in [0.717, 1.165) is 60.9 Å². The Morgan fingerprint density at radius 3 is 2.09 bits per heavy atom. The zero-order valence-corrected chi connectivity index (χ0v) is 32.5. The Morgan fingerprint density at radius 1 is 0.851 bits per heavy atom. The second-order valence-corrected chi connectivity index (χ2v) is 14.6. The monoisotopic (exact) mass is 810 g/mol. The Balaban J connectivity index is 0.000000290. The average molecular weight is 810 g/mol. The van der Waals surface area contributed by atoms with Gasteiger partial charge in [-0.15, -0.1) is 29.1 Å². The van der Waals surface area contributed by atoms with E-state index in [-0.39, 0.29) is 47.9 Å². The van der Waals surface area contributed by atoms with Crippen LogP contribution in [0.3, 0.4) is 0 Å². The van der Waals surface area contributed by atoms with Crippen molar-refractivity contribution in [3.63, 3.8) is 0 Å². The summed E-state index contributed by atoms with van der Waals surface area (Å²) in [7, 11) is 0. The number of ketones is 1. The van der Waals surface area contributed by atoms with Gasteiger partial charge in [-0.05, 0) is 73.1 Å². The molecule has 1 aliphatic carbocycles. The summed E-state index contributed by atoms with van der Waals surface area (Å²) >= 11 is 0. The molecule has 5 rings (SSSR count). The molecule has 47 heavy (non-hydrogen) atoms. The zero-order valence-electron chi connectivity index (χ0n) is 30.1. The van der Waals surface area contributed by atoms with Crippen molar-refractivity contribution in [3.05, 3.63) is 95.0 Å². The summed E-state index contributed by atoms with van der Waals surface area (Å²) in [6.07, 6.45) is 10.8. The summed E-state index contributed by atoms with van der Waals surface area (Å²) in [4.78, 5) is 21.8. The van der Waals surface area contributed by atoms with Crippen LogP contribution in [-0.4, -0.2) is 20.9 Å². The molecule has 253 valence electrons. The number of aliphatic hydroxyl groups excluding tert-OH is 1. The van der Waals surface area contributed by atoms with Crippen molar-refractivity contribution in [1.82, 2.24) is 9.97 Å². The molecule has 2 heterocycles. The number of carbonyl (C=O) groups excluding carboxylic acids is 1. The van der Waals surface area contributed by atoms with Crippen LogP contribution in [0.15, 0.2) is 66.7 Å². The third-order valence-corrected chi connectivity index (χ3v) is 10.5. The van der Waals surface area contributed by atoms with E-state index in [4.69, 9.17) is 9.97 Å². The minimum Gasteiger partial charge on any atom is -0.512 e. The Kier molecular flexibility index (Phi) is 12.5. The number of hydrogen-bond donors (Lipinski definition) is 1. The molecule has 0 bridgehead atoms. The quantitative estimate of drug-likeness (QED) is 0.109. The molecule has 0 saturated carbocycles. The molecular weight excluding hydrogens is 757 g/mol. The van der Waals surface area contributed by atoms with Crippen LogP contribution in [0.2, 0.25) is 0 Å². The molecule has 1 aliphatic rings. The predicted octanol–water partition coefficient (Wildman–Crippen LogP) is 11.1. The van der Waals surface area contributed by atoms with Gasteiger partial charge in [0.1, 0.15) is 5.76 Å². The number of fused-ring (bicyclic) bond motifs is 4. The van der Waals surface area contributed by atoms with E-state index in [1.54, 1.807) is 0 Å². The van der Waals surface area contributed by atoms with E-state index < -0.39 is 0 Å². The fourth-order valence-corrected chi connectivity index (χ4v) is 6.05. The van der Waals surface area contributed by atoms with Gasteiger partial charge in [0.15, 0.2) is 5.78 Å². The Morgan fingerprint density at radius 2 is 1.47 bits per heavy atom. The first-order valence-electron chi connectivity index (χ1n) is 17.1. The number of aromatic nitrogens is 2. The fraction of sp³-hybridized carbons (Fsp3) is 0.452. The normalized spacial score (nSPS) is 13.2. The minimum absolute atomic E-state index is 0. The molecule has 0 fully saturated rings. The largest absolute Gasteiger partial charge is 0.512 e. The third-order valence-electron chi connectivity index (χ3n) is 10.5. The number of benzene rings is 2. The van der Waals surface area contributed by atoms with Gasteiger partial charge in [-0.1, -0.05) is 104 Å². The first-order valence-corrected chi connectivity index (χ1v) is 17.1. The van der Waals surface area contributed by atoms with Crippen molar-refractivity contribution >= 4 is 16.6 Å². The molecule has 0 spiro atoms. The van der Waals surface area contributed by atoms with Crippen LogP contribution in [0.4, 0.5) is 0 Å². The van der Waals surface area contributed by atoms with Gasteiger partial charge in [0.25, 0.3) is 0 Å². The van der Waals surface area contributed by atoms with Gasteiger partial charge in [-0.3, -0.25) is 14.8 Å². The van der Waals surface area contributed by atoms with Gasteiger partial charge in [-0.2, -0.15) is 0 Å². The second kappa shape index (κ2) is 15.4. The summed E-state index contributed by atoms with van der Waals surface area (Å²) < 4.78 is 0. The number of aryl methyl sites for hydroxylation is 3. The number of rotatable bonds is 8. The molecule has 4 nitrogen and oxygen atoms in total. The summed E-state index contributed by atoms with van der Waals surface area (Å²) in [6.45, 7) is 21.0. The van der Waals surface area contributed by atoms with Crippen molar-refractivity contribution in [3.8, 4) is 22.5 Å². The molecule has 0 aliphatic heterocycles. The van der Waals surface area contributed by atoms with Crippen molar-refractivity contribution in [2.24, 2.45) is 10.8 Å². The maximum absolute atomic E-state index is 12.2. The van der Waals surface area contributed by atoms with E-state index in [2.05, 4.69) is 76.2 Å². The van der Waals surface area contributed by atoms with Crippen LogP contribution in [0.1, 0.15) is 110 Å². The van der Waals surface area contributed by atoms with Gasteiger partial charge in [0, 0.05) is 55.1 Å². The molecule has 1 N–H and O–H groups in total. The summed E-state index contributed by atoms with van der Waals surface area (Å²) in [5.41, 5.74) is 8.97. The van der Waals surface area contributed by atoms with Gasteiger partial charge in [0.05, 0.1) is 5.69 Å². The van der Waals surface area contributed by atoms with Crippen LogP contribution in [0, 0.1) is 23.8 Å². The summed E-state index contributed by atoms with van der Waals surface area (Å²) in [6, 6.07) is 18.9. The Bertz CT molecular complexity index is 1740. The van der Waals surface area contributed by atoms with Crippen LogP contribution in [0.25, 0.3) is 33.3 Å². The molecule has 4 aromatic rings. The molecule has 1 radical (unpaired) electrons. The van der Waals surface area contributed by atoms with Crippen LogP contribution < -0.4 is 0 Å². The Hall–Kier alpha value is -3.14. The van der Waals surface area contributed by atoms with E-state index in [9.17, 15) is 9.90 Å². The average Bonchev–Trinajstić information content (AvgIpc) is 3.06. The first kappa shape index (κ1) is 38.3. The summed E-state index contributed by atoms with van der Waals surface area (Å²) in [5.74, 6) is 0.286. The van der Waals surface area contributed by atoms with Gasteiger partial charge < -0.3 is 5.11 Å². The molecule has 0 saturated heterocycles. The number of allylic oxidation sites excluding steroid dienone is 2. The number of carbonyl (C=O) groups is 1. The second-order valence-electron chi connectivity index (χ2n) is 14.6.